The molecule has 1 amide bonds. The first-order chi connectivity index (χ1) is 12.8. The maximum atomic E-state index is 12.0. The highest BCUT2D eigenvalue weighted by Gasteiger charge is 2.26. The zero-order valence-electron chi connectivity index (χ0n) is 16.3. The van der Waals surface area contributed by atoms with Crippen LogP contribution in [0.4, 0.5) is 11.4 Å². The van der Waals surface area contributed by atoms with Gasteiger partial charge in [-0.05, 0) is 76.1 Å². The minimum atomic E-state index is -3.18. The van der Waals surface area contributed by atoms with Gasteiger partial charge in [0.2, 0.25) is 15.9 Å². The first kappa shape index (κ1) is 20.1. The standard InChI is InChI=1S/C20H31N3O3S/c1-15(2)27(25,26)22-18-7-5-16(6-8-18)14-21-17-9-11-19(12-10-17)23-13-3-4-20(23)24/h9-12,15-16,18,21-22H,3-8,13-14H2,1-2H3. The largest absolute Gasteiger partial charge is 0.385 e. The molecule has 0 aromatic heterocycles. The van der Waals surface area contributed by atoms with Gasteiger partial charge in [0.15, 0.2) is 0 Å². The maximum Gasteiger partial charge on any atom is 0.227 e. The molecule has 1 aliphatic heterocycles. The van der Waals surface area contributed by atoms with Crippen LogP contribution in [0, 0.1) is 5.92 Å². The van der Waals surface area contributed by atoms with Crippen molar-refractivity contribution in [2.45, 2.75) is 63.7 Å². The number of nitrogens with one attached hydrogen (secondary N) is 2. The molecule has 0 radical (unpaired) electrons. The Balaban J connectivity index is 1.43. The van der Waals surface area contributed by atoms with Crippen molar-refractivity contribution in [2.24, 2.45) is 5.92 Å². The van der Waals surface area contributed by atoms with Crippen molar-refractivity contribution in [3.8, 4) is 0 Å². The zero-order valence-corrected chi connectivity index (χ0v) is 17.1. The van der Waals surface area contributed by atoms with E-state index in [4.69, 9.17) is 0 Å². The monoisotopic (exact) mass is 393 g/mol. The summed E-state index contributed by atoms with van der Waals surface area (Å²) in [6.07, 6.45) is 5.44. The summed E-state index contributed by atoms with van der Waals surface area (Å²) in [5, 5.41) is 3.10. The van der Waals surface area contributed by atoms with Crippen LogP contribution in [0.15, 0.2) is 24.3 Å². The van der Waals surface area contributed by atoms with Gasteiger partial charge in [-0.3, -0.25) is 4.79 Å². The molecule has 1 aliphatic carbocycles. The van der Waals surface area contributed by atoms with E-state index >= 15 is 0 Å². The highest BCUT2D eigenvalue weighted by Crippen LogP contribution is 2.27. The summed E-state index contributed by atoms with van der Waals surface area (Å²) < 4.78 is 26.8. The fraction of sp³-hybridized carbons (Fsp3) is 0.650. The Bertz CT molecular complexity index is 738. The van der Waals surface area contributed by atoms with Gasteiger partial charge < -0.3 is 10.2 Å². The number of rotatable bonds is 7. The zero-order chi connectivity index (χ0) is 19.4. The van der Waals surface area contributed by atoms with Crippen LogP contribution in [0.2, 0.25) is 0 Å². The minimum Gasteiger partial charge on any atom is -0.385 e. The van der Waals surface area contributed by atoms with Crippen molar-refractivity contribution < 1.29 is 13.2 Å². The molecule has 150 valence electrons. The Morgan fingerprint density at radius 1 is 1.11 bits per heavy atom. The summed E-state index contributed by atoms with van der Waals surface area (Å²) in [6.45, 7) is 5.13. The molecule has 1 saturated carbocycles. The van der Waals surface area contributed by atoms with Crippen molar-refractivity contribution in [3.63, 3.8) is 0 Å². The van der Waals surface area contributed by atoms with Crippen molar-refractivity contribution >= 4 is 27.3 Å². The van der Waals surface area contributed by atoms with Gasteiger partial charge in [-0.15, -0.1) is 0 Å². The van der Waals surface area contributed by atoms with Crippen LogP contribution in [0.3, 0.4) is 0 Å². The summed E-state index contributed by atoms with van der Waals surface area (Å²) in [7, 11) is -3.18. The van der Waals surface area contributed by atoms with Gasteiger partial charge in [0.1, 0.15) is 0 Å². The first-order valence-corrected chi connectivity index (χ1v) is 11.6. The van der Waals surface area contributed by atoms with E-state index in [1.807, 2.05) is 29.2 Å². The van der Waals surface area contributed by atoms with Crippen LogP contribution in [0.25, 0.3) is 0 Å². The molecule has 1 heterocycles. The quantitative estimate of drug-likeness (QED) is 0.746. The Labute approximate surface area is 162 Å². The first-order valence-electron chi connectivity index (χ1n) is 10.0. The van der Waals surface area contributed by atoms with E-state index in [1.165, 1.54) is 0 Å². The van der Waals surface area contributed by atoms with Crippen LogP contribution in [0.1, 0.15) is 52.4 Å². The van der Waals surface area contributed by atoms with Gasteiger partial charge in [0, 0.05) is 36.9 Å². The lowest BCUT2D eigenvalue weighted by Crippen LogP contribution is -2.41. The van der Waals surface area contributed by atoms with E-state index in [-0.39, 0.29) is 17.2 Å². The molecule has 0 spiro atoms. The number of carbonyl (C=O) groups excluding carboxylic acids is 1. The predicted octanol–water partition coefficient (Wildman–Crippen LogP) is 3.11. The molecule has 2 N–H and O–H groups in total. The number of anilines is 2. The molecular formula is C20H31N3O3S. The van der Waals surface area contributed by atoms with Gasteiger partial charge in [-0.1, -0.05) is 0 Å². The fourth-order valence-electron chi connectivity index (χ4n) is 3.80. The number of nitrogens with zero attached hydrogens (tertiary/aromatic N) is 1. The summed E-state index contributed by atoms with van der Waals surface area (Å²) >= 11 is 0. The second-order valence-corrected chi connectivity index (χ2v) is 10.3. The van der Waals surface area contributed by atoms with E-state index in [2.05, 4.69) is 10.0 Å². The third-order valence-electron chi connectivity index (χ3n) is 5.65. The van der Waals surface area contributed by atoms with Crippen LogP contribution in [0.5, 0.6) is 0 Å². The van der Waals surface area contributed by atoms with Crippen LogP contribution >= 0.6 is 0 Å². The van der Waals surface area contributed by atoms with Crippen molar-refractivity contribution in [1.29, 1.82) is 0 Å². The summed E-state index contributed by atoms with van der Waals surface area (Å²) in [5.74, 6) is 0.769. The smallest absolute Gasteiger partial charge is 0.227 e. The molecule has 1 aromatic carbocycles. The summed E-state index contributed by atoms with van der Waals surface area (Å²) in [4.78, 5) is 13.7. The van der Waals surface area contributed by atoms with E-state index in [0.29, 0.717) is 12.3 Å². The number of sulfonamides is 1. The number of benzene rings is 1. The van der Waals surface area contributed by atoms with E-state index < -0.39 is 10.0 Å². The molecule has 1 aromatic rings. The van der Waals surface area contributed by atoms with E-state index in [9.17, 15) is 13.2 Å². The van der Waals surface area contributed by atoms with Crippen LogP contribution < -0.4 is 14.9 Å². The van der Waals surface area contributed by atoms with Crippen molar-refractivity contribution in [1.82, 2.24) is 4.72 Å². The Kier molecular flexibility index (Phi) is 6.42. The molecule has 0 atom stereocenters. The fourth-order valence-corrected chi connectivity index (χ4v) is 4.77. The van der Waals surface area contributed by atoms with Gasteiger partial charge >= 0.3 is 0 Å². The third-order valence-corrected chi connectivity index (χ3v) is 7.55. The third kappa shape index (κ3) is 5.23. The Morgan fingerprint density at radius 3 is 2.33 bits per heavy atom. The van der Waals surface area contributed by atoms with Gasteiger partial charge in [0.05, 0.1) is 5.25 Å². The lowest BCUT2D eigenvalue weighted by atomic mass is 9.86. The number of carbonyl (C=O) groups is 1. The van der Waals surface area contributed by atoms with E-state index in [0.717, 1.165) is 56.6 Å². The highest BCUT2D eigenvalue weighted by atomic mass is 32.2. The SMILES string of the molecule is CC(C)S(=O)(=O)NC1CCC(CNc2ccc(N3CCCC3=O)cc2)CC1. The van der Waals surface area contributed by atoms with Gasteiger partial charge in [-0.25, -0.2) is 13.1 Å². The average Bonchev–Trinajstić information content (AvgIpc) is 3.07. The molecule has 0 bridgehead atoms. The topological polar surface area (TPSA) is 78.5 Å². The average molecular weight is 394 g/mol. The highest BCUT2D eigenvalue weighted by molar-refractivity contribution is 7.90. The number of hydrogen-bond donors (Lipinski definition) is 2. The summed E-state index contributed by atoms with van der Waals surface area (Å²) in [6, 6.07) is 8.14. The van der Waals surface area contributed by atoms with Crippen LogP contribution in [-0.4, -0.2) is 38.7 Å². The molecular weight excluding hydrogens is 362 g/mol. The van der Waals surface area contributed by atoms with Crippen LogP contribution in [-0.2, 0) is 14.8 Å². The maximum absolute atomic E-state index is 12.0. The normalized spacial score (nSPS) is 23.8. The van der Waals surface area contributed by atoms with Gasteiger partial charge in [-0.2, -0.15) is 0 Å². The molecule has 6 nitrogen and oxygen atoms in total. The second kappa shape index (κ2) is 8.61. The second-order valence-electron chi connectivity index (χ2n) is 8.01. The van der Waals surface area contributed by atoms with Crippen molar-refractivity contribution in [3.05, 3.63) is 24.3 Å². The Morgan fingerprint density at radius 2 is 1.78 bits per heavy atom. The molecule has 2 fully saturated rings. The Hall–Kier alpha value is -1.60. The lowest BCUT2D eigenvalue weighted by Gasteiger charge is -2.29. The molecule has 3 rings (SSSR count). The molecule has 27 heavy (non-hydrogen) atoms. The van der Waals surface area contributed by atoms with E-state index in [1.54, 1.807) is 13.8 Å². The van der Waals surface area contributed by atoms with Gasteiger partial charge in [0.25, 0.3) is 0 Å². The number of hydrogen-bond acceptors (Lipinski definition) is 4. The summed E-state index contributed by atoms with van der Waals surface area (Å²) in [5.41, 5.74) is 2.04. The predicted molar refractivity (Wildman–Crippen MR) is 109 cm³/mol. The minimum absolute atomic E-state index is 0.0749. The molecule has 0 unspecified atom stereocenters. The number of amides is 1. The lowest BCUT2D eigenvalue weighted by molar-refractivity contribution is -0.117. The molecule has 7 heteroatoms. The molecule has 1 saturated heterocycles. The molecule has 2 aliphatic rings. The van der Waals surface area contributed by atoms with Crippen molar-refractivity contribution in [2.75, 3.05) is 23.3 Å².